The first-order valence-corrected chi connectivity index (χ1v) is 6.29. The molecule has 0 aliphatic heterocycles. The number of hydrogen-bond donors (Lipinski definition) is 0. The maximum Gasteiger partial charge on any atom is 0.174 e. The lowest BCUT2D eigenvalue weighted by atomic mass is 10.1. The van der Waals surface area contributed by atoms with Crippen molar-refractivity contribution in [2.45, 2.75) is 0 Å². The van der Waals surface area contributed by atoms with Crippen LogP contribution in [0.5, 0.6) is 0 Å². The molecule has 13 heavy (non-hydrogen) atoms. The van der Waals surface area contributed by atoms with Gasteiger partial charge in [-0.1, -0.05) is 15.9 Å². The highest BCUT2D eigenvalue weighted by molar-refractivity contribution is 14.1. The van der Waals surface area contributed by atoms with Crippen LogP contribution in [0.3, 0.4) is 0 Å². The maximum atomic E-state index is 13.1. The Morgan fingerprint density at radius 2 is 2.15 bits per heavy atom. The molecule has 0 aliphatic rings. The van der Waals surface area contributed by atoms with E-state index < -0.39 is 5.82 Å². The van der Waals surface area contributed by atoms with Crippen molar-refractivity contribution >= 4 is 60.2 Å². The Labute approximate surface area is 105 Å². The van der Waals surface area contributed by atoms with Gasteiger partial charge in [0.25, 0.3) is 0 Å². The fourth-order valence-electron chi connectivity index (χ4n) is 0.831. The molecule has 70 valence electrons. The number of ketones is 1. The Bertz CT molecular complexity index is 354. The fraction of sp³-hybridized carbons (Fsp3) is 0.125. The van der Waals surface area contributed by atoms with Crippen LogP contribution in [0.15, 0.2) is 16.6 Å². The van der Waals surface area contributed by atoms with Gasteiger partial charge >= 0.3 is 0 Å². The van der Waals surface area contributed by atoms with Gasteiger partial charge in [0.15, 0.2) is 5.78 Å². The minimum absolute atomic E-state index is 0.135. The van der Waals surface area contributed by atoms with E-state index in [2.05, 4.69) is 31.9 Å². The lowest BCUT2D eigenvalue weighted by Crippen LogP contribution is -2.03. The molecule has 0 amide bonds. The SMILES string of the molecule is O=C(CBr)c1cc(I)cc(F)c1Br. The summed E-state index contributed by atoms with van der Waals surface area (Å²) in [7, 11) is 0. The molecule has 1 aromatic rings. The van der Waals surface area contributed by atoms with E-state index in [9.17, 15) is 9.18 Å². The van der Waals surface area contributed by atoms with Gasteiger partial charge in [-0.25, -0.2) is 4.39 Å². The highest BCUT2D eigenvalue weighted by atomic mass is 127. The third kappa shape index (κ3) is 2.73. The highest BCUT2D eigenvalue weighted by Crippen LogP contribution is 2.24. The van der Waals surface area contributed by atoms with Crippen molar-refractivity contribution in [3.05, 3.63) is 31.6 Å². The molecule has 0 heterocycles. The van der Waals surface area contributed by atoms with Gasteiger partial charge in [-0.05, 0) is 50.7 Å². The summed E-state index contributed by atoms with van der Waals surface area (Å²) >= 11 is 8.04. The van der Waals surface area contributed by atoms with Crippen LogP contribution in [0.2, 0.25) is 0 Å². The van der Waals surface area contributed by atoms with Gasteiger partial charge < -0.3 is 0 Å². The lowest BCUT2D eigenvalue weighted by molar-refractivity contribution is 0.102. The van der Waals surface area contributed by atoms with Crippen molar-refractivity contribution in [1.82, 2.24) is 0 Å². The van der Waals surface area contributed by atoms with Crippen LogP contribution in [0, 0.1) is 9.39 Å². The molecule has 0 saturated carbocycles. The average molecular weight is 422 g/mol. The van der Waals surface area contributed by atoms with Crippen molar-refractivity contribution in [2.24, 2.45) is 0 Å². The molecule has 1 aromatic carbocycles. The van der Waals surface area contributed by atoms with Crippen molar-refractivity contribution in [3.8, 4) is 0 Å². The van der Waals surface area contributed by atoms with Crippen LogP contribution in [-0.2, 0) is 0 Å². The van der Waals surface area contributed by atoms with Crippen LogP contribution >= 0.6 is 54.5 Å². The summed E-state index contributed by atoms with van der Waals surface area (Å²) in [6.45, 7) is 0. The quantitative estimate of drug-likeness (QED) is 0.307. The van der Waals surface area contributed by atoms with Gasteiger partial charge in [-0.3, -0.25) is 4.79 Å². The predicted molar refractivity (Wildman–Crippen MR) is 64.9 cm³/mol. The number of carbonyl (C=O) groups is 1. The second-order valence-electron chi connectivity index (χ2n) is 2.31. The third-order valence-corrected chi connectivity index (χ3v) is 3.35. The standard InChI is InChI=1S/C8H4Br2FIO/c9-3-7(13)5-1-4(12)2-6(11)8(5)10/h1-2H,3H2. The number of Topliss-reactive ketones (excluding diaryl/α,β-unsaturated/α-hetero) is 1. The Morgan fingerprint density at radius 3 is 2.69 bits per heavy atom. The summed E-state index contributed by atoms with van der Waals surface area (Å²) in [6, 6.07) is 3.02. The number of alkyl halides is 1. The average Bonchev–Trinajstić information content (AvgIpc) is 2.10. The fourth-order valence-corrected chi connectivity index (χ4v) is 2.17. The molecule has 5 heteroatoms. The summed E-state index contributed by atoms with van der Waals surface area (Å²) in [6.07, 6.45) is 0. The summed E-state index contributed by atoms with van der Waals surface area (Å²) in [5.74, 6) is -0.541. The Kier molecular flexibility index (Phi) is 4.31. The van der Waals surface area contributed by atoms with Crippen molar-refractivity contribution in [2.75, 3.05) is 5.33 Å². The predicted octanol–water partition coefficient (Wildman–Crippen LogP) is 3.77. The number of benzene rings is 1. The molecule has 0 unspecified atom stereocenters. The van der Waals surface area contributed by atoms with Gasteiger partial charge in [0.2, 0.25) is 0 Å². The van der Waals surface area contributed by atoms with Crippen molar-refractivity contribution < 1.29 is 9.18 Å². The normalized spacial score (nSPS) is 10.2. The number of halogens is 4. The Hall–Kier alpha value is 0.510. The first-order valence-electron chi connectivity index (χ1n) is 3.30. The molecular weight excluding hydrogens is 418 g/mol. The lowest BCUT2D eigenvalue weighted by Gasteiger charge is -2.03. The summed E-state index contributed by atoms with van der Waals surface area (Å²) in [5, 5.41) is 0.200. The molecule has 0 fully saturated rings. The molecule has 0 aromatic heterocycles. The van der Waals surface area contributed by atoms with Crippen molar-refractivity contribution in [1.29, 1.82) is 0 Å². The second-order valence-corrected chi connectivity index (χ2v) is 4.91. The molecule has 0 bridgehead atoms. The van der Waals surface area contributed by atoms with E-state index in [1.807, 2.05) is 22.6 Å². The van der Waals surface area contributed by atoms with Crippen LogP contribution in [0.1, 0.15) is 10.4 Å². The first-order chi connectivity index (χ1) is 6.06. The molecule has 0 atom stereocenters. The van der Waals surface area contributed by atoms with E-state index in [1.54, 1.807) is 6.07 Å². The molecule has 1 rings (SSSR count). The van der Waals surface area contributed by atoms with E-state index in [-0.39, 0.29) is 15.6 Å². The molecule has 0 radical (unpaired) electrons. The van der Waals surface area contributed by atoms with Gasteiger partial charge in [-0.2, -0.15) is 0 Å². The summed E-state index contributed by atoms with van der Waals surface area (Å²) < 4.78 is 14.1. The van der Waals surface area contributed by atoms with Crippen LogP contribution in [0.4, 0.5) is 4.39 Å². The summed E-state index contributed by atoms with van der Waals surface area (Å²) in [5.41, 5.74) is 0.376. The van der Waals surface area contributed by atoms with Gasteiger partial charge in [0.05, 0.1) is 9.80 Å². The van der Waals surface area contributed by atoms with E-state index in [0.29, 0.717) is 9.13 Å². The third-order valence-electron chi connectivity index (χ3n) is 1.41. The highest BCUT2D eigenvalue weighted by Gasteiger charge is 2.13. The number of carbonyl (C=O) groups excluding carboxylic acids is 1. The largest absolute Gasteiger partial charge is 0.293 e. The zero-order valence-corrected chi connectivity index (χ0v) is 11.6. The van der Waals surface area contributed by atoms with Crippen LogP contribution in [0.25, 0.3) is 0 Å². The monoisotopic (exact) mass is 420 g/mol. The minimum atomic E-state index is -0.406. The number of hydrogen-bond acceptors (Lipinski definition) is 1. The van der Waals surface area contributed by atoms with Crippen molar-refractivity contribution in [3.63, 3.8) is 0 Å². The molecule has 0 saturated heterocycles. The first kappa shape index (κ1) is 11.6. The molecular formula is C8H4Br2FIO. The number of rotatable bonds is 2. The molecule has 0 aliphatic carbocycles. The topological polar surface area (TPSA) is 17.1 Å². The van der Waals surface area contributed by atoms with Crippen LogP contribution in [-0.4, -0.2) is 11.1 Å². The smallest absolute Gasteiger partial charge is 0.174 e. The van der Waals surface area contributed by atoms with Crippen LogP contribution < -0.4 is 0 Å². The van der Waals surface area contributed by atoms with E-state index >= 15 is 0 Å². The van der Waals surface area contributed by atoms with Gasteiger partial charge in [0.1, 0.15) is 5.82 Å². The van der Waals surface area contributed by atoms with Gasteiger partial charge in [-0.15, -0.1) is 0 Å². The Morgan fingerprint density at radius 1 is 1.54 bits per heavy atom. The maximum absolute atomic E-state index is 13.1. The molecule has 0 spiro atoms. The van der Waals surface area contributed by atoms with Gasteiger partial charge in [0, 0.05) is 9.13 Å². The van der Waals surface area contributed by atoms with E-state index in [4.69, 9.17) is 0 Å². The summed E-state index contributed by atoms with van der Waals surface area (Å²) in [4.78, 5) is 11.3. The minimum Gasteiger partial charge on any atom is -0.293 e. The second kappa shape index (κ2) is 4.84. The van der Waals surface area contributed by atoms with E-state index in [0.717, 1.165) is 0 Å². The molecule has 1 nitrogen and oxygen atoms in total. The van der Waals surface area contributed by atoms with E-state index in [1.165, 1.54) is 6.07 Å². The zero-order chi connectivity index (χ0) is 10.0. The Balaban J connectivity index is 3.28. The zero-order valence-electron chi connectivity index (χ0n) is 6.28. The molecule has 0 N–H and O–H groups in total.